The monoisotopic (exact) mass is 808 g/mol. The number of hydrogen-bond acceptors (Lipinski definition) is 1. The maximum Gasteiger partial charge on any atom is 0.0568 e. The molecule has 10 aromatic rings. The lowest BCUT2D eigenvalue weighted by Crippen LogP contribution is -2.18. The maximum absolute atomic E-state index is 2.56. The molecule has 0 spiro atoms. The number of rotatable bonds is 4. The molecule has 13 rings (SSSR count). The van der Waals surface area contributed by atoms with Gasteiger partial charge < -0.3 is 9.47 Å². The molecule has 9 aromatic carbocycles. The van der Waals surface area contributed by atoms with Crippen molar-refractivity contribution in [1.82, 2.24) is 4.57 Å². The van der Waals surface area contributed by atoms with E-state index >= 15 is 0 Å². The topological polar surface area (TPSA) is 8.17 Å². The highest BCUT2D eigenvalue weighted by molar-refractivity contribution is 6.25. The maximum atomic E-state index is 2.56. The summed E-state index contributed by atoms with van der Waals surface area (Å²) in [5, 5.41) is 5.05. The van der Waals surface area contributed by atoms with Gasteiger partial charge in [-0.05, 0) is 127 Å². The fourth-order valence-corrected chi connectivity index (χ4v) is 12.2. The van der Waals surface area contributed by atoms with E-state index in [0.29, 0.717) is 0 Å². The third-order valence-electron chi connectivity index (χ3n) is 15.4. The van der Waals surface area contributed by atoms with E-state index in [1.807, 2.05) is 0 Å². The van der Waals surface area contributed by atoms with Crippen LogP contribution in [0.5, 0.6) is 0 Å². The number of nitrogens with zero attached hydrogens (tertiary/aromatic N) is 2. The van der Waals surface area contributed by atoms with Crippen molar-refractivity contribution >= 4 is 49.6 Å². The number of anilines is 3. The van der Waals surface area contributed by atoms with Gasteiger partial charge in [-0.3, -0.25) is 0 Å². The van der Waals surface area contributed by atoms with E-state index in [0.717, 1.165) is 22.7 Å². The van der Waals surface area contributed by atoms with Crippen LogP contribution >= 0.6 is 0 Å². The Kier molecular flexibility index (Phi) is 7.23. The predicted molar refractivity (Wildman–Crippen MR) is 266 cm³/mol. The summed E-state index contributed by atoms with van der Waals surface area (Å²) >= 11 is 0. The summed E-state index contributed by atoms with van der Waals surface area (Å²) in [4.78, 5) is 2.56. The average Bonchev–Trinajstić information content (AvgIpc) is 3.92. The third kappa shape index (κ3) is 4.79. The molecule has 0 bridgehead atoms. The van der Waals surface area contributed by atoms with Crippen LogP contribution in [0.1, 0.15) is 74.9 Å². The van der Waals surface area contributed by atoms with Crippen LogP contribution < -0.4 is 4.90 Å². The van der Waals surface area contributed by atoms with E-state index in [4.69, 9.17) is 0 Å². The standard InChI is InChI=1S/C61H48N2/c1-59(2)49-25-15-12-20-40(49)43-30-28-38(32-52(43)59)62(39-29-31-44-41-21-13-16-26-50(41)60(3,4)53(44)33-39)56-36-57-58(46-24-11-10-23-45(46)56)48-34-47-42-22-14-17-27-51(42)61(5,6)54(47)35-55(48)63(57)37-18-8-7-9-19-37/h7-36H,1-6H3. The van der Waals surface area contributed by atoms with Crippen LogP contribution in [-0.4, -0.2) is 4.57 Å². The van der Waals surface area contributed by atoms with Gasteiger partial charge in [0.05, 0.1) is 16.7 Å². The van der Waals surface area contributed by atoms with Crippen molar-refractivity contribution in [1.29, 1.82) is 0 Å². The average molecular weight is 809 g/mol. The van der Waals surface area contributed by atoms with Gasteiger partial charge in [0.2, 0.25) is 0 Å². The molecule has 0 saturated carbocycles. The van der Waals surface area contributed by atoms with Gasteiger partial charge in [-0.1, -0.05) is 169 Å². The molecule has 0 saturated heterocycles. The molecule has 3 aliphatic rings. The number of aromatic nitrogens is 1. The Morgan fingerprint density at radius 1 is 0.333 bits per heavy atom. The second kappa shape index (κ2) is 12.5. The number of benzene rings is 9. The summed E-state index contributed by atoms with van der Waals surface area (Å²) in [7, 11) is 0. The fourth-order valence-electron chi connectivity index (χ4n) is 12.2. The largest absolute Gasteiger partial charge is 0.310 e. The van der Waals surface area contributed by atoms with E-state index in [1.54, 1.807) is 0 Å². The summed E-state index contributed by atoms with van der Waals surface area (Å²) in [5.41, 5.74) is 23.0. The molecule has 0 amide bonds. The lowest BCUT2D eigenvalue weighted by Gasteiger charge is -2.31. The Morgan fingerprint density at radius 3 is 1.33 bits per heavy atom. The minimum Gasteiger partial charge on any atom is -0.310 e. The minimum absolute atomic E-state index is 0.121. The van der Waals surface area contributed by atoms with Gasteiger partial charge in [-0.15, -0.1) is 0 Å². The van der Waals surface area contributed by atoms with Crippen molar-refractivity contribution in [2.24, 2.45) is 0 Å². The van der Waals surface area contributed by atoms with Crippen molar-refractivity contribution < 1.29 is 0 Å². The molecule has 0 atom stereocenters. The third-order valence-corrected chi connectivity index (χ3v) is 15.4. The molecule has 0 unspecified atom stereocenters. The zero-order valence-corrected chi connectivity index (χ0v) is 36.7. The van der Waals surface area contributed by atoms with Crippen molar-refractivity contribution in [3.05, 3.63) is 215 Å². The van der Waals surface area contributed by atoms with Gasteiger partial charge in [0.25, 0.3) is 0 Å². The quantitative estimate of drug-likeness (QED) is 0.172. The highest BCUT2D eigenvalue weighted by atomic mass is 15.1. The van der Waals surface area contributed by atoms with Gasteiger partial charge in [0.15, 0.2) is 0 Å². The smallest absolute Gasteiger partial charge is 0.0568 e. The first-order valence-corrected chi connectivity index (χ1v) is 22.5. The molecule has 2 heteroatoms. The highest BCUT2D eigenvalue weighted by Crippen LogP contribution is 2.56. The molecule has 1 aromatic heterocycles. The van der Waals surface area contributed by atoms with Crippen molar-refractivity contribution in [2.75, 3.05) is 4.90 Å². The van der Waals surface area contributed by atoms with Crippen molar-refractivity contribution in [3.63, 3.8) is 0 Å². The molecular formula is C61H48N2. The van der Waals surface area contributed by atoms with E-state index in [2.05, 4.69) is 233 Å². The molecule has 63 heavy (non-hydrogen) atoms. The van der Waals surface area contributed by atoms with Gasteiger partial charge in [-0.25, -0.2) is 0 Å². The van der Waals surface area contributed by atoms with E-state index in [1.165, 1.54) is 99.3 Å². The first kappa shape index (κ1) is 36.5. The first-order chi connectivity index (χ1) is 30.5. The lowest BCUT2D eigenvalue weighted by atomic mass is 9.82. The van der Waals surface area contributed by atoms with Crippen LogP contribution in [0.15, 0.2) is 182 Å². The van der Waals surface area contributed by atoms with Gasteiger partial charge >= 0.3 is 0 Å². The second-order valence-corrected chi connectivity index (χ2v) is 19.7. The SMILES string of the molecule is CC1(C)c2ccccc2-c2ccc(N(c3ccc4c(c3)C(C)(C)c3ccccc3-4)c3cc4c(c5ccccc35)c3cc5c(cc3n4-c3ccccc3)C(C)(C)c3ccccc3-5)cc21. The van der Waals surface area contributed by atoms with Crippen molar-refractivity contribution in [2.45, 2.75) is 57.8 Å². The summed E-state index contributed by atoms with van der Waals surface area (Å²) in [6, 6.07) is 69.0. The number of para-hydroxylation sites is 1. The Morgan fingerprint density at radius 2 is 0.778 bits per heavy atom. The van der Waals surface area contributed by atoms with Gasteiger partial charge in [0, 0.05) is 49.5 Å². The molecular weight excluding hydrogens is 761 g/mol. The zero-order valence-electron chi connectivity index (χ0n) is 36.7. The molecule has 0 radical (unpaired) electrons. The molecule has 1 heterocycles. The minimum atomic E-state index is -0.145. The second-order valence-electron chi connectivity index (χ2n) is 19.7. The van der Waals surface area contributed by atoms with Crippen LogP contribution in [0.3, 0.4) is 0 Å². The van der Waals surface area contributed by atoms with Crippen LogP contribution in [0, 0.1) is 0 Å². The number of fused-ring (bicyclic) bond motifs is 14. The summed E-state index contributed by atoms with van der Waals surface area (Å²) in [6.45, 7) is 14.3. The van der Waals surface area contributed by atoms with E-state index in [9.17, 15) is 0 Å². The summed E-state index contributed by atoms with van der Waals surface area (Å²) in [5.74, 6) is 0. The highest BCUT2D eigenvalue weighted by Gasteiger charge is 2.39. The Bertz CT molecular complexity index is 3490. The van der Waals surface area contributed by atoms with Crippen LogP contribution in [0.25, 0.3) is 71.6 Å². The molecule has 0 N–H and O–H groups in total. The van der Waals surface area contributed by atoms with E-state index < -0.39 is 0 Å². The Balaban J connectivity index is 1.14. The molecule has 0 fully saturated rings. The van der Waals surface area contributed by atoms with Crippen LogP contribution in [-0.2, 0) is 16.2 Å². The molecule has 3 aliphatic carbocycles. The Labute approximate surface area is 369 Å². The van der Waals surface area contributed by atoms with Crippen LogP contribution in [0.2, 0.25) is 0 Å². The first-order valence-electron chi connectivity index (χ1n) is 22.5. The van der Waals surface area contributed by atoms with Gasteiger partial charge in [0.1, 0.15) is 0 Å². The van der Waals surface area contributed by atoms with Crippen LogP contribution in [0.4, 0.5) is 17.1 Å². The zero-order chi connectivity index (χ0) is 42.6. The van der Waals surface area contributed by atoms with Crippen molar-refractivity contribution in [3.8, 4) is 39.1 Å². The summed E-state index contributed by atoms with van der Waals surface area (Å²) in [6.07, 6.45) is 0. The predicted octanol–water partition coefficient (Wildman–Crippen LogP) is 16.3. The summed E-state index contributed by atoms with van der Waals surface area (Å²) < 4.78 is 2.53. The fraction of sp³-hybridized carbons (Fsp3) is 0.148. The van der Waals surface area contributed by atoms with E-state index in [-0.39, 0.29) is 16.2 Å². The molecule has 302 valence electrons. The number of hydrogen-bond donors (Lipinski definition) is 0. The molecule has 0 aliphatic heterocycles. The Hall–Kier alpha value is -7.16. The lowest BCUT2D eigenvalue weighted by molar-refractivity contribution is 0.660. The van der Waals surface area contributed by atoms with Gasteiger partial charge in [-0.2, -0.15) is 0 Å². The molecule has 2 nitrogen and oxygen atoms in total. The normalized spacial score (nSPS) is 15.5.